The zero-order valence-corrected chi connectivity index (χ0v) is 13.5. The van der Waals surface area contributed by atoms with Gasteiger partial charge in [0.2, 0.25) is 0 Å². The molecule has 0 spiro atoms. The van der Waals surface area contributed by atoms with Crippen LogP contribution in [0.4, 0.5) is 5.00 Å². The van der Waals surface area contributed by atoms with Crippen molar-refractivity contribution in [3.8, 4) is 0 Å². The lowest BCUT2D eigenvalue weighted by atomic mass is 10.2. The maximum atomic E-state index is 11.6. The van der Waals surface area contributed by atoms with Gasteiger partial charge in [-0.25, -0.2) is 0 Å². The van der Waals surface area contributed by atoms with Gasteiger partial charge in [0.25, 0.3) is 0 Å². The van der Waals surface area contributed by atoms with E-state index in [2.05, 4.69) is 21.8 Å². The number of esters is 1. The minimum absolute atomic E-state index is 0.191. The van der Waals surface area contributed by atoms with E-state index in [-0.39, 0.29) is 5.97 Å². The van der Waals surface area contributed by atoms with Crippen molar-refractivity contribution in [2.45, 2.75) is 45.5 Å². The number of hydrogen-bond acceptors (Lipinski definition) is 7. The summed E-state index contributed by atoms with van der Waals surface area (Å²) < 4.78 is 9.18. The van der Waals surface area contributed by atoms with Gasteiger partial charge in [-0.15, -0.1) is 16.9 Å². The van der Waals surface area contributed by atoms with Crippen LogP contribution in [-0.2, 0) is 15.3 Å². The largest absolute Gasteiger partial charge is 0.459 e. The molecule has 0 atom stereocenters. The maximum Gasteiger partial charge on any atom is 0.316 e. The molecule has 1 rings (SSSR count). The van der Waals surface area contributed by atoms with Crippen molar-refractivity contribution in [2.75, 3.05) is 17.6 Å². The zero-order chi connectivity index (χ0) is 14.3. The lowest BCUT2D eigenvalue weighted by molar-refractivity contribution is -0.151. The number of rotatable bonds is 7. The molecule has 7 heteroatoms. The van der Waals surface area contributed by atoms with Crippen molar-refractivity contribution < 1.29 is 9.53 Å². The Morgan fingerprint density at radius 3 is 2.84 bits per heavy atom. The first-order valence-electron chi connectivity index (χ1n) is 6.27. The molecule has 0 aliphatic heterocycles. The van der Waals surface area contributed by atoms with E-state index in [0.717, 1.165) is 23.7 Å². The summed E-state index contributed by atoms with van der Waals surface area (Å²) in [5.41, 5.74) is 0.486. The van der Waals surface area contributed by atoms with Gasteiger partial charge in [-0.1, -0.05) is 11.4 Å². The molecule has 5 nitrogen and oxygen atoms in total. The molecule has 0 bridgehead atoms. The van der Waals surface area contributed by atoms with Crippen LogP contribution in [0.3, 0.4) is 0 Å². The fourth-order valence-electron chi connectivity index (χ4n) is 1.28. The monoisotopic (exact) mass is 303 g/mol. The second-order valence-corrected chi connectivity index (χ2v) is 6.79. The van der Waals surface area contributed by atoms with Crippen LogP contribution in [0.15, 0.2) is 0 Å². The van der Waals surface area contributed by atoms with E-state index >= 15 is 0 Å². The van der Waals surface area contributed by atoms with Crippen LogP contribution in [0.5, 0.6) is 0 Å². The number of carbonyl (C=O) groups is 1. The van der Waals surface area contributed by atoms with Crippen LogP contribution in [-0.4, -0.2) is 33.5 Å². The predicted octanol–water partition coefficient (Wildman–Crippen LogP) is 2.93. The van der Waals surface area contributed by atoms with Gasteiger partial charge >= 0.3 is 5.97 Å². The molecule has 1 N–H and O–H groups in total. The minimum atomic E-state index is -0.423. The molecule has 0 amide bonds. The molecule has 1 aromatic heterocycles. The third-order valence-corrected chi connectivity index (χ3v) is 3.61. The summed E-state index contributed by atoms with van der Waals surface area (Å²) in [6, 6.07) is 0. The maximum absolute atomic E-state index is 11.6. The topological polar surface area (TPSA) is 64.1 Å². The smallest absolute Gasteiger partial charge is 0.316 e. The number of nitrogens with one attached hydrogen (secondary N) is 1. The molecule has 19 heavy (non-hydrogen) atoms. The van der Waals surface area contributed by atoms with E-state index < -0.39 is 5.60 Å². The molecule has 0 saturated carbocycles. The fraction of sp³-hybridized carbons (Fsp3) is 0.750. The van der Waals surface area contributed by atoms with Gasteiger partial charge in [-0.05, 0) is 27.2 Å². The molecule has 0 radical (unpaired) electrons. The zero-order valence-electron chi connectivity index (χ0n) is 11.9. The molecule has 0 saturated heterocycles. The summed E-state index contributed by atoms with van der Waals surface area (Å²) in [7, 11) is 0. The molecule has 0 fully saturated rings. The highest BCUT2D eigenvalue weighted by Crippen LogP contribution is 2.22. The Morgan fingerprint density at radius 1 is 1.47 bits per heavy atom. The van der Waals surface area contributed by atoms with E-state index in [4.69, 9.17) is 4.74 Å². The molecule has 0 aliphatic carbocycles. The lowest BCUT2D eigenvalue weighted by Crippen LogP contribution is -2.24. The molecule has 1 aromatic rings. The first kappa shape index (κ1) is 16.2. The summed E-state index contributed by atoms with van der Waals surface area (Å²) in [5, 5.41) is 8.36. The Morgan fingerprint density at radius 2 is 2.21 bits per heavy atom. The van der Waals surface area contributed by atoms with E-state index in [1.807, 2.05) is 20.8 Å². The summed E-state index contributed by atoms with van der Waals surface area (Å²) in [6.45, 7) is 8.62. The Hall–Kier alpha value is -0.820. The van der Waals surface area contributed by atoms with Crippen LogP contribution < -0.4 is 5.32 Å². The highest BCUT2D eigenvalue weighted by atomic mass is 32.2. The summed E-state index contributed by atoms with van der Waals surface area (Å²) in [5.74, 6) is 0.813. The number of aromatic nitrogens is 2. The van der Waals surface area contributed by atoms with Crippen LogP contribution >= 0.6 is 23.3 Å². The van der Waals surface area contributed by atoms with Gasteiger partial charge in [0.1, 0.15) is 16.3 Å². The molecular weight excluding hydrogens is 282 g/mol. The third kappa shape index (κ3) is 6.77. The number of anilines is 1. The van der Waals surface area contributed by atoms with E-state index in [0.29, 0.717) is 11.5 Å². The quantitative estimate of drug-likeness (QED) is 0.781. The molecule has 1 heterocycles. The van der Waals surface area contributed by atoms with Crippen molar-refractivity contribution >= 4 is 34.3 Å². The number of thioether (sulfide) groups is 1. The minimum Gasteiger partial charge on any atom is -0.459 e. The van der Waals surface area contributed by atoms with Gasteiger partial charge in [-0.2, -0.15) is 0 Å². The highest BCUT2D eigenvalue weighted by Gasteiger charge is 2.16. The summed E-state index contributed by atoms with van der Waals surface area (Å²) in [4.78, 5) is 11.6. The molecular formula is C12H21N3O2S2. The van der Waals surface area contributed by atoms with E-state index in [1.165, 1.54) is 23.3 Å². The average molecular weight is 303 g/mol. The van der Waals surface area contributed by atoms with Crippen molar-refractivity contribution in [3.05, 3.63) is 5.69 Å². The second-order valence-electron chi connectivity index (χ2n) is 5.05. The number of ether oxygens (including phenoxy) is 1. The second kappa shape index (κ2) is 7.69. The molecule has 0 aliphatic rings. The van der Waals surface area contributed by atoms with Crippen LogP contribution in [0, 0.1) is 0 Å². The number of carbonyl (C=O) groups excluding carboxylic acids is 1. The first-order valence-corrected chi connectivity index (χ1v) is 8.20. The Bertz CT molecular complexity index is 402. The molecule has 0 unspecified atom stereocenters. The van der Waals surface area contributed by atoms with Gasteiger partial charge in [0.05, 0.1) is 5.75 Å². The highest BCUT2D eigenvalue weighted by molar-refractivity contribution is 7.99. The molecule has 108 valence electrons. The third-order valence-electron chi connectivity index (χ3n) is 1.97. The standard InChI is InChI=1S/C12H21N3O2S2/c1-5-6-13-11-9(14-15-19-11)7-18-8-10(16)17-12(2,3)4/h13H,5-8H2,1-4H3. The van der Waals surface area contributed by atoms with Crippen molar-refractivity contribution in [1.29, 1.82) is 0 Å². The van der Waals surface area contributed by atoms with Crippen LogP contribution in [0.2, 0.25) is 0 Å². The normalized spacial score (nSPS) is 11.4. The number of hydrogen-bond donors (Lipinski definition) is 1. The first-order chi connectivity index (χ1) is 8.92. The fourth-order valence-corrected chi connectivity index (χ4v) is 2.70. The van der Waals surface area contributed by atoms with E-state index in [9.17, 15) is 4.79 Å². The Balaban J connectivity index is 2.33. The van der Waals surface area contributed by atoms with Gasteiger partial charge in [0.15, 0.2) is 0 Å². The van der Waals surface area contributed by atoms with Gasteiger partial charge in [0, 0.05) is 23.8 Å². The van der Waals surface area contributed by atoms with Crippen LogP contribution in [0.25, 0.3) is 0 Å². The van der Waals surface area contributed by atoms with Crippen molar-refractivity contribution in [3.63, 3.8) is 0 Å². The van der Waals surface area contributed by atoms with Crippen molar-refractivity contribution in [1.82, 2.24) is 9.59 Å². The summed E-state index contributed by atoms with van der Waals surface area (Å²) >= 11 is 2.85. The van der Waals surface area contributed by atoms with E-state index in [1.54, 1.807) is 0 Å². The van der Waals surface area contributed by atoms with Crippen molar-refractivity contribution in [2.24, 2.45) is 0 Å². The summed E-state index contributed by atoms with van der Waals surface area (Å²) in [6.07, 6.45) is 1.06. The predicted molar refractivity (Wildman–Crippen MR) is 80.7 cm³/mol. The number of nitrogens with zero attached hydrogens (tertiary/aromatic N) is 2. The Labute approximate surface area is 122 Å². The lowest BCUT2D eigenvalue weighted by Gasteiger charge is -2.19. The van der Waals surface area contributed by atoms with Crippen LogP contribution in [0.1, 0.15) is 39.8 Å². The Kier molecular flexibility index (Phi) is 6.57. The van der Waals surface area contributed by atoms with Gasteiger partial charge < -0.3 is 10.1 Å². The molecule has 0 aromatic carbocycles. The SMILES string of the molecule is CCCNc1snnc1CSCC(=O)OC(C)(C)C. The average Bonchev–Trinajstić information content (AvgIpc) is 2.71. The van der Waals surface area contributed by atoms with Gasteiger partial charge in [-0.3, -0.25) is 4.79 Å².